The summed E-state index contributed by atoms with van der Waals surface area (Å²) >= 11 is 0. The summed E-state index contributed by atoms with van der Waals surface area (Å²) in [6, 6.07) is 2.75. The lowest BCUT2D eigenvalue weighted by Gasteiger charge is -2.19. The van der Waals surface area contributed by atoms with Crippen LogP contribution in [0.2, 0.25) is 12.1 Å². The van der Waals surface area contributed by atoms with E-state index in [1.54, 1.807) is 6.92 Å². The molecule has 0 saturated carbocycles. The van der Waals surface area contributed by atoms with Gasteiger partial charge in [0.05, 0.1) is 6.61 Å². The molecule has 0 spiro atoms. The van der Waals surface area contributed by atoms with Gasteiger partial charge in [-0.05, 0) is 19.4 Å². The van der Waals surface area contributed by atoms with E-state index in [-0.39, 0.29) is 32.1 Å². The molecule has 0 bridgehead atoms. The molecule has 3 nitrogen and oxygen atoms in total. The second-order valence-corrected chi connectivity index (χ2v) is 20.0. The molecular weight excluding hydrogens is 240 g/mol. The van der Waals surface area contributed by atoms with Crippen molar-refractivity contribution in [3.63, 3.8) is 0 Å². The van der Waals surface area contributed by atoms with Crippen LogP contribution in [0.5, 0.6) is 0 Å². The maximum atomic E-state index is 11.1. The van der Waals surface area contributed by atoms with Crippen molar-refractivity contribution in [3.05, 3.63) is 12.2 Å². The zero-order valence-corrected chi connectivity index (χ0v) is 13.4. The Balaban J connectivity index is 2.01. The zero-order chi connectivity index (χ0) is 11.1. The fourth-order valence-electron chi connectivity index (χ4n) is 1.70. The minimum absolute atomic E-state index is 0.0230. The van der Waals surface area contributed by atoms with E-state index >= 15 is 0 Å². The first-order valence-electron chi connectivity index (χ1n) is 5.60. The fourth-order valence-corrected chi connectivity index (χ4v) is 19.9. The first kappa shape index (κ1) is 12.9. The van der Waals surface area contributed by atoms with Gasteiger partial charge in [0.15, 0.2) is 0 Å². The van der Waals surface area contributed by atoms with Gasteiger partial charge in [0.2, 0.25) is 0 Å². The lowest BCUT2D eigenvalue weighted by Crippen LogP contribution is -2.35. The zero-order valence-electron chi connectivity index (χ0n) is 9.46. The number of hydrogen-bond acceptors (Lipinski definition) is 3. The normalized spacial score (nSPS) is 24.2. The third kappa shape index (κ3) is 5.45. The van der Waals surface area contributed by atoms with Gasteiger partial charge < -0.3 is 9.16 Å². The molecule has 1 rings (SSSR count). The highest BCUT2D eigenvalue weighted by Crippen LogP contribution is 2.06. The highest BCUT2D eigenvalue weighted by molar-refractivity contribution is 7.35. The number of esters is 1. The van der Waals surface area contributed by atoms with E-state index in [9.17, 15) is 4.79 Å². The number of rotatable bonds is 5. The van der Waals surface area contributed by atoms with Gasteiger partial charge in [0.25, 0.3) is 0 Å². The molecule has 0 aromatic carbocycles. The van der Waals surface area contributed by atoms with Crippen molar-refractivity contribution in [2.75, 3.05) is 13.2 Å². The molecule has 0 aromatic heterocycles. The summed E-state index contributed by atoms with van der Waals surface area (Å²) in [6.07, 6.45) is 1.07. The van der Waals surface area contributed by atoms with Gasteiger partial charge in [-0.2, -0.15) is 0 Å². The van der Waals surface area contributed by atoms with E-state index in [2.05, 4.69) is 6.58 Å². The molecule has 1 aliphatic heterocycles. The highest BCUT2D eigenvalue weighted by atomic mass is 29.5. The Kier molecular flexibility index (Phi) is 6.15. The second kappa shape index (κ2) is 7.15. The van der Waals surface area contributed by atoms with E-state index in [0.717, 1.165) is 13.0 Å². The molecule has 0 aromatic rings. The first-order chi connectivity index (χ1) is 7.20. The third-order valence-corrected chi connectivity index (χ3v) is 22.5. The summed E-state index contributed by atoms with van der Waals surface area (Å²) in [4.78, 5) is 11.1. The summed E-state index contributed by atoms with van der Waals surface area (Å²) < 4.78 is 10.6. The van der Waals surface area contributed by atoms with Crippen LogP contribution in [0.15, 0.2) is 12.2 Å². The Bertz CT molecular complexity index is 227. The molecule has 15 heavy (non-hydrogen) atoms. The Morgan fingerprint density at radius 3 is 3.07 bits per heavy atom. The van der Waals surface area contributed by atoms with Gasteiger partial charge in [0, 0.05) is 29.0 Å². The predicted molar refractivity (Wildman–Crippen MR) is 70.2 cm³/mol. The summed E-state index contributed by atoms with van der Waals surface area (Å²) in [5.41, 5.74) is 0.500. The van der Waals surface area contributed by atoms with E-state index in [4.69, 9.17) is 9.16 Å². The van der Waals surface area contributed by atoms with Crippen LogP contribution in [0.4, 0.5) is 0 Å². The van der Waals surface area contributed by atoms with Gasteiger partial charge in [-0.15, -0.1) is 0 Å². The smallest absolute Gasteiger partial charge is 0.333 e. The molecule has 0 N–H and O–H groups in total. The maximum Gasteiger partial charge on any atom is 0.333 e. The molecular formula is C9H20O3Si3. The largest absolute Gasteiger partial charge is 0.462 e. The summed E-state index contributed by atoms with van der Waals surface area (Å²) in [5, 5.41) is 0. The number of ether oxygens (including phenoxy) is 1. The molecule has 1 unspecified atom stereocenters. The number of hydrogen-bond donors (Lipinski definition) is 0. The number of carbonyl (C=O) groups is 1. The fraction of sp³-hybridized carbons (Fsp3) is 0.667. The van der Waals surface area contributed by atoms with Gasteiger partial charge in [-0.25, -0.2) is 4.79 Å². The quantitative estimate of drug-likeness (QED) is 0.287. The van der Waals surface area contributed by atoms with Gasteiger partial charge in [0.1, 0.15) is 9.28 Å². The van der Waals surface area contributed by atoms with Crippen molar-refractivity contribution in [1.29, 1.82) is 0 Å². The monoisotopic (exact) mass is 260 g/mol. The van der Waals surface area contributed by atoms with Crippen molar-refractivity contribution < 1.29 is 14.0 Å². The Labute approximate surface area is 97.2 Å². The van der Waals surface area contributed by atoms with Crippen LogP contribution in [0, 0.1) is 0 Å². The summed E-state index contributed by atoms with van der Waals surface area (Å²) in [7, 11) is -0.118. The van der Waals surface area contributed by atoms with E-state index < -0.39 is 0 Å². The molecule has 86 valence electrons. The standard InChI is InChI=1S/C9H20O3Si3/c1-8(2)9(10)11-4-3-6-15-7-5-12-13-14-15/h15H,1,3-7,13-14H2,2H3. The van der Waals surface area contributed by atoms with Gasteiger partial charge in [-0.3, -0.25) is 0 Å². The Hall–Kier alpha value is -0.179. The lowest BCUT2D eigenvalue weighted by atomic mass is 10.4. The molecule has 0 amide bonds. The van der Waals surface area contributed by atoms with Gasteiger partial charge >= 0.3 is 5.97 Å². The van der Waals surface area contributed by atoms with E-state index in [0.29, 0.717) is 12.2 Å². The van der Waals surface area contributed by atoms with Crippen molar-refractivity contribution in [2.45, 2.75) is 25.4 Å². The Morgan fingerprint density at radius 2 is 2.47 bits per heavy atom. The van der Waals surface area contributed by atoms with Crippen molar-refractivity contribution in [3.8, 4) is 0 Å². The molecule has 6 heteroatoms. The SMILES string of the molecule is C=C(C)C(=O)OCCC[SiH]1CCO[SiH2][SiH2]1. The lowest BCUT2D eigenvalue weighted by molar-refractivity contribution is -0.138. The summed E-state index contributed by atoms with van der Waals surface area (Å²) in [6.45, 7) is 6.87. The number of carbonyl (C=O) groups excluding carboxylic acids is 1. The van der Waals surface area contributed by atoms with Crippen LogP contribution in [0.3, 0.4) is 0 Å². The third-order valence-electron chi connectivity index (χ3n) is 2.68. The molecule has 1 fully saturated rings. The van der Waals surface area contributed by atoms with E-state index in [1.165, 1.54) is 12.1 Å². The molecule has 0 radical (unpaired) electrons. The molecule has 1 heterocycles. The van der Waals surface area contributed by atoms with Crippen LogP contribution in [0.25, 0.3) is 0 Å². The van der Waals surface area contributed by atoms with Crippen LogP contribution in [-0.2, 0) is 14.0 Å². The topological polar surface area (TPSA) is 35.5 Å². The highest BCUT2D eigenvalue weighted by Gasteiger charge is 2.15. The maximum absolute atomic E-state index is 11.1. The summed E-state index contributed by atoms with van der Waals surface area (Å²) in [5.74, 6) is -0.240. The average Bonchev–Trinajstić information content (AvgIpc) is 2.25. The predicted octanol–water partition coefficient (Wildman–Crippen LogP) is -0.583. The van der Waals surface area contributed by atoms with Crippen LogP contribution in [-0.4, -0.2) is 45.3 Å². The first-order valence-corrected chi connectivity index (χ1v) is 15.1. The van der Waals surface area contributed by atoms with Gasteiger partial charge in [-0.1, -0.05) is 12.6 Å². The van der Waals surface area contributed by atoms with Crippen molar-refractivity contribution in [2.24, 2.45) is 0 Å². The minimum atomic E-state index is -0.352. The minimum Gasteiger partial charge on any atom is -0.462 e. The molecule has 1 aliphatic rings. The molecule has 1 saturated heterocycles. The molecule has 0 aliphatic carbocycles. The van der Waals surface area contributed by atoms with Crippen LogP contribution >= 0.6 is 0 Å². The van der Waals surface area contributed by atoms with Crippen LogP contribution < -0.4 is 0 Å². The Morgan fingerprint density at radius 1 is 1.67 bits per heavy atom. The molecule has 1 atom stereocenters. The van der Waals surface area contributed by atoms with Crippen LogP contribution in [0.1, 0.15) is 13.3 Å². The average molecular weight is 261 g/mol. The van der Waals surface area contributed by atoms with E-state index in [1.807, 2.05) is 0 Å². The second-order valence-electron chi connectivity index (χ2n) is 4.11. The van der Waals surface area contributed by atoms with Crippen molar-refractivity contribution >= 4 is 32.1 Å². The van der Waals surface area contributed by atoms with Crippen molar-refractivity contribution in [1.82, 2.24) is 0 Å².